The SMILES string of the molecule is COc1cccc(OC)c1C(=O)NC1CCN(c2ccccc2C(=O)N(C)Cc2ccco2)CC1. The number of nitrogens with one attached hydrogen (secondary N) is 1. The van der Waals surface area contributed by atoms with Crippen LogP contribution in [-0.2, 0) is 6.54 Å². The highest BCUT2D eigenvalue weighted by atomic mass is 16.5. The molecule has 1 aliphatic heterocycles. The van der Waals surface area contributed by atoms with Crippen molar-refractivity contribution in [1.29, 1.82) is 0 Å². The summed E-state index contributed by atoms with van der Waals surface area (Å²) in [7, 11) is 4.85. The van der Waals surface area contributed by atoms with Gasteiger partial charge < -0.3 is 29.0 Å². The number of rotatable bonds is 8. The molecule has 4 rings (SSSR count). The average molecular weight is 478 g/mol. The van der Waals surface area contributed by atoms with Crippen molar-refractivity contribution in [3.63, 3.8) is 0 Å². The van der Waals surface area contributed by atoms with E-state index in [4.69, 9.17) is 13.9 Å². The lowest BCUT2D eigenvalue weighted by atomic mass is 10.0. The molecule has 0 unspecified atom stereocenters. The van der Waals surface area contributed by atoms with Crippen LogP contribution in [0.1, 0.15) is 39.3 Å². The van der Waals surface area contributed by atoms with Gasteiger partial charge in [0.2, 0.25) is 0 Å². The van der Waals surface area contributed by atoms with Gasteiger partial charge in [0.15, 0.2) is 0 Å². The molecule has 2 aromatic carbocycles. The summed E-state index contributed by atoms with van der Waals surface area (Å²) < 4.78 is 16.1. The van der Waals surface area contributed by atoms with Gasteiger partial charge in [0, 0.05) is 31.9 Å². The van der Waals surface area contributed by atoms with Crippen LogP contribution in [0.25, 0.3) is 0 Å². The lowest BCUT2D eigenvalue weighted by Gasteiger charge is -2.35. The van der Waals surface area contributed by atoms with Crippen LogP contribution >= 0.6 is 0 Å². The number of methoxy groups -OCH3 is 2. The number of carbonyl (C=O) groups excluding carboxylic acids is 2. The number of amides is 2. The summed E-state index contributed by atoms with van der Waals surface area (Å²) in [6.45, 7) is 1.85. The molecule has 1 fully saturated rings. The van der Waals surface area contributed by atoms with Gasteiger partial charge in [-0.05, 0) is 49.2 Å². The van der Waals surface area contributed by atoms with Gasteiger partial charge in [-0.25, -0.2) is 0 Å². The largest absolute Gasteiger partial charge is 0.496 e. The number of benzene rings is 2. The first-order valence-electron chi connectivity index (χ1n) is 11.7. The summed E-state index contributed by atoms with van der Waals surface area (Å²) >= 11 is 0. The molecule has 1 saturated heterocycles. The van der Waals surface area contributed by atoms with Crippen LogP contribution < -0.4 is 19.7 Å². The molecule has 8 nitrogen and oxygen atoms in total. The van der Waals surface area contributed by atoms with Gasteiger partial charge >= 0.3 is 0 Å². The van der Waals surface area contributed by atoms with Gasteiger partial charge in [-0.1, -0.05) is 18.2 Å². The number of furan rings is 1. The quantitative estimate of drug-likeness (QED) is 0.529. The minimum atomic E-state index is -0.215. The Morgan fingerprint density at radius 2 is 1.69 bits per heavy atom. The van der Waals surface area contributed by atoms with Gasteiger partial charge in [0.25, 0.3) is 11.8 Å². The maximum Gasteiger partial charge on any atom is 0.259 e. The molecular weight excluding hydrogens is 446 g/mol. The fourth-order valence-corrected chi connectivity index (χ4v) is 4.44. The van der Waals surface area contributed by atoms with Crippen LogP contribution in [0.4, 0.5) is 5.69 Å². The topological polar surface area (TPSA) is 84.2 Å². The third kappa shape index (κ3) is 5.42. The van der Waals surface area contributed by atoms with E-state index in [2.05, 4.69) is 10.2 Å². The number of ether oxygens (including phenoxy) is 2. The Morgan fingerprint density at radius 3 is 2.31 bits per heavy atom. The van der Waals surface area contributed by atoms with Crippen molar-refractivity contribution >= 4 is 17.5 Å². The highest BCUT2D eigenvalue weighted by Gasteiger charge is 2.27. The number of hydrogen-bond donors (Lipinski definition) is 1. The summed E-state index contributed by atoms with van der Waals surface area (Å²) in [5.74, 6) is 1.42. The van der Waals surface area contributed by atoms with Crippen LogP contribution in [0.15, 0.2) is 65.3 Å². The maximum atomic E-state index is 13.2. The van der Waals surface area contributed by atoms with Crippen LogP contribution in [0.3, 0.4) is 0 Å². The second-order valence-electron chi connectivity index (χ2n) is 8.53. The van der Waals surface area contributed by atoms with Gasteiger partial charge in [-0.3, -0.25) is 9.59 Å². The van der Waals surface area contributed by atoms with Gasteiger partial charge in [0.05, 0.1) is 32.6 Å². The van der Waals surface area contributed by atoms with E-state index in [1.165, 1.54) is 14.2 Å². The molecule has 1 N–H and O–H groups in total. The zero-order valence-electron chi connectivity index (χ0n) is 20.3. The highest BCUT2D eigenvalue weighted by Crippen LogP contribution is 2.29. The smallest absolute Gasteiger partial charge is 0.259 e. The van der Waals surface area contributed by atoms with Crippen molar-refractivity contribution in [2.24, 2.45) is 0 Å². The van der Waals surface area contributed by atoms with Crippen LogP contribution in [0.5, 0.6) is 11.5 Å². The number of anilines is 1. The highest BCUT2D eigenvalue weighted by molar-refractivity contribution is 6.00. The summed E-state index contributed by atoms with van der Waals surface area (Å²) in [6, 6.07) is 16.6. The van der Waals surface area contributed by atoms with Crippen molar-refractivity contribution < 1.29 is 23.5 Å². The molecule has 3 aromatic rings. The average Bonchev–Trinajstić information content (AvgIpc) is 3.41. The van der Waals surface area contributed by atoms with E-state index < -0.39 is 0 Å². The molecule has 2 amide bonds. The van der Waals surface area contributed by atoms with Crippen LogP contribution in [0, 0.1) is 0 Å². The summed E-state index contributed by atoms with van der Waals surface area (Å²) in [6.07, 6.45) is 3.12. The van der Waals surface area contributed by atoms with E-state index in [-0.39, 0.29) is 17.9 Å². The summed E-state index contributed by atoms with van der Waals surface area (Å²) in [5.41, 5.74) is 1.96. The van der Waals surface area contributed by atoms with Crippen molar-refractivity contribution in [1.82, 2.24) is 10.2 Å². The first kappa shape index (κ1) is 24.2. The van der Waals surface area contributed by atoms with Gasteiger partial charge in [-0.15, -0.1) is 0 Å². The molecule has 0 radical (unpaired) electrons. The Balaban J connectivity index is 1.41. The minimum absolute atomic E-state index is 0.0119. The number of nitrogens with zero attached hydrogens (tertiary/aromatic N) is 2. The molecule has 0 bridgehead atoms. The van der Waals surface area contributed by atoms with E-state index in [0.717, 1.165) is 37.4 Å². The molecule has 184 valence electrons. The molecule has 35 heavy (non-hydrogen) atoms. The normalized spacial score (nSPS) is 13.9. The van der Waals surface area contributed by atoms with Crippen LogP contribution in [-0.4, -0.2) is 57.1 Å². The Labute approximate surface area is 205 Å². The van der Waals surface area contributed by atoms with Crippen molar-refractivity contribution in [2.45, 2.75) is 25.4 Å². The van der Waals surface area contributed by atoms with Gasteiger partial charge in [-0.2, -0.15) is 0 Å². The monoisotopic (exact) mass is 477 g/mol. The van der Waals surface area contributed by atoms with E-state index in [0.29, 0.717) is 29.2 Å². The zero-order valence-corrected chi connectivity index (χ0v) is 20.3. The molecular formula is C27H31N3O5. The van der Waals surface area contributed by atoms with E-state index in [9.17, 15) is 9.59 Å². The van der Waals surface area contributed by atoms with Crippen molar-refractivity contribution in [3.8, 4) is 11.5 Å². The lowest BCUT2D eigenvalue weighted by molar-refractivity contribution is 0.0776. The summed E-state index contributed by atoms with van der Waals surface area (Å²) in [5, 5.41) is 3.13. The molecule has 0 saturated carbocycles. The number of carbonyl (C=O) groups is 2. The fourth-order valence-electron chi connectivity index (χ4n) is 4.44. The van der Waals surface area contributed by atoms with E-state index in [1.54, 1.807) is 36.4 Å². The number of para-hydroxylation sites is 1. The maximum absolute atomic E-state index is 13.2. The lowest BCUT2D eigenvalue weighted by Crippen LogP contribution is -2.45. The predicted octanol–water partition coefficient (Wildman–Crippen LogP) is 3.97. The fraction of sp³-hybridized carbons (Fsp3) is 0.333. The van der Waals surface area contributed by atoms with E-state index in [1.807, 2.05) is 36.4 Å². The van der Waals surface area contributed by atoms with E-state index >= 15 is 0 Å². The Bertz CT molecular complexity index is 1130. The molecule has 1 aromatic heterocycles. The zero-order chi connectivity index (χ0) is 24.8. The molecule has 8 heteroatoms. The van der Waals surface area contributed by atoms with Crippen molar-refractivity contribution in [3.05, 3.63) is 77.7 Å². The second-order valence-corrected chi connectivity index (χ2v) is 8.53. The first-order valence-corrected chi connectivity index (χ1v) is 11.7. The molecule has 0 aliphatic carbocycles. The Hall–Kier alpha value is -3.94. The summed E-state index contributed by atoms with van der Waals surface area (Å²) in [4.78, 5) is 30.1. The standard InChI is InChI=1S/C27H31N3O5/c1-29(18-20-8-7-17-35-20)27(32)21-9-4-5-10-22(21)30-15-13-19(14-16-30)28-26(31)25-23(33-2)11-6-12-24(25)34-3/h4-12,17,19H,13-16,18H2,1-3H3,(H,28,31). The number of piperidine rings is 1. The minimum Gasteiger partial charge on any atom is -0.496 e. The molecule has 2 heterocycles. The first-order chi connectivity index (χ1) is 17.0. The molecule has 0 spiro atoms. The Kier molecular flexibility index (Phi) is 7.60. The molecule has 1 aliphatic rings. The third-order valence-electron chi connectivity index (χ3n) is 6.28. The third-order valence-corrected chi connectivity index (χ3v) is 6.28. The van der Waals surface area contributed by atoms with Crippen molar-refractivity contribution in [2.75, 3.05) is 39.3 Å². The Morgan fingerprint density at radius 1 is 1.00 bits per heavy atom. The molecule has 0 atom stereocenters. The predicted molar refractivity (Wildman–Crippen MR) is 133 cm³/mol. The van der Waals surface area contributed by atoms with Crippen LogP contribution in [0.2, 0.25) is 0 Å². The van der Waals surface area contributed by atoms with Gasteiger partial charge in [0.1, 0.15) is 22.8 Å². The second kappa shape index (κ2) is 11.0. The number of hydrogen-bond acceptors (Lipinski definition) is 6.